The van der Waals surface area contributed by atoms with Gasteiger partial charge in [-0.3, -0.25) is 19.5 Å². The van der Waals surface area contributed by atoms with Crippen molar-refractivity contribution in [2.75, 3.05) is 25.5 Å². The lowest BCUT2D eigenvalue weighted by molar-refractivity contribution is -0.138. The average Bonchev–Trinajstić information content (AvgIpc) is 3.48. The minimum Gasteiger partial charge on any atom is -0.386 e. The van der Waals surface area contributed by atoms with E-state index in [9.17, 15) is 9.59 Å². The number of nitrogens with one attached hydrogen (secondary N) is 2. The van der Waals surface area contributed by atoms with Crippen LogP contribution in [0.4, 0.5) is 5.69 Å². The number of H-pyrrole nitrogens is 1. The molecule has 2 aliphatic rings. The molecular weight excluding hydrogens is 430 g/mol. The van der Waals surface area contributed by atoms with Gasteiger partial charge < -0.3 is 10.3 Å². The number of rotatable bonds is 5. The number of likely N-dealkylation sites (tertiary alicyclic amines) is 1. The van der Waals surface area contributed by atoms with Crippen LogP contribution in [0, 0.1) is 0 Å². The number of fused-ring (bicyclic) bond motifs is 1. The molecule has 1 atom stereocenters. The van der Waals surface area contributed by atoms with Gasteiger partial charge in [0.15, 0.2) is 0 Å². The highest BCUT2D eigenvalue weighted by Gasteiger charge is 2.33. The first-order chi connectivity index (χ1) is 15.0. The Labute approximate surface area is 189 Å². The van der Waals surface area contributed by atoms with E-state index in [2.05, 4.69) is 51.1 Å². The Kier molecular flexibility index (Phi) is 5.23. The molecule has 2 aromatic heterocycles. The van der Waals surface area contributed by atoms with E-state index in [0.717, 1.165) is 43.5 Å². The highest BCUT2D eigenvalue weighted by atomic mass is 32.2. The molecule has 1 saturated heterocycles. The van der Waals surface area contributed by atoms with Gasteiger partial charge in [0.25, 0.3) is 0 Å². The molecule has 158 valence electrons. The van der Waals surface area contributed by atoms with Gasteiger partial charge in [-0.25, -0.2) is 4.98 Å². The van der Waals surface area contributed by atoms with E-state index < -0.39 is 0 Å². The molecule has 1 fully saturated rings. The van der Waals surface area contributed by atoms with E-state index >= 15 is 0 Å². The fourth-order valence-electron chi connectivity index (χ4n) is 4.11. The number of carbonyl (C=O) groups excluding carboxylic acids is 2. The third kappa shape index (κ3) is 3.61. The first-order valence-electron chi connectivity index (χ1n) is 10.1. The van der Waals surface area contributed by atoms with Crippen LogP contribution in [-0.2, 0) is 22.2 Å². The largest absolute Gasteiger partial charge is 0.386 e. The summed E-state index contributed by atoms with van der Waals surface area (Å²) in [5, 5.41) is 6.20. The van der Waals surface area contributed by atoms with E-state index in [1.807, 2.05) is 19.2 Å². The van der Waals surface area contributed by atoms with Crippen LogP contribution in [0.1, 0.15) is 18.5 Å². The molecule has 31 heavy (non-hydrogen) atoms. The summed E-state index contributed by atoms with van der Waals surface area (Å²) in [7, 11) is 1.91. The van der Waals surface area contributed by atoms with E-state index in [1.54, 1.807) is 18.0 Å². The number of imide groups is 1. The van der Waals surface area contributed by atoms with E-state index in [1.165, 1.54) is 4.90 Å². The van der Waals surface area contributed by atoms with Crippen molar-refractivity contribution < 1.29 is 9.59 Å². The minimum absolute atomic E-state index is 0.0720. The van der Waals surface area contributed by atoms with Crippen molar-refractivity contribution in [1.29, 1.82) is 0 Å². The van der Waals surface area contributed by atoms with Gasteiger partial charge in [0.2, 0.25) is 16.8 Å². The second-order valence-corrected chi connectivity index (χ2v) is 9.33. The first-order valence-corrected chi connectivity index (χ1v) is 11.5. The van der Waals surface area contributed by atoms with Gasteiger partial charge in [0.05, 0.1) is 29.0 Å². The van der Waals surface area contributed by atoms with Crippen molar-refractivity contribution in [3.05, 3.63) is 42.2 Å². The maximum atomic E-state index is 11.9. The molecule has 3 aromatic rings. The number of aliphatic imine (C=N–C) groups is 1. The van der Waals surface area contributed by atoms with Crippen LogP contribution in [0.3, 0.4) is 0 Å². The number of benzene rings is 1. The lowest BCUT2D eigenvalue weighted by atomic mass is 10.0. The zero-order chi connectivity index (χ0) is 21.5. The number of aromatic nitrogens is 2. The Bertz CT molecular complexity index is 1220. The van der Waals surface area contributed by atoms with Crippen LogP contribution in [0.5, 0.6) is 0 Å². The molecule has 5 rings (SSSR count). The predicted molar refractivity (Wildman–Crippen MR) is 128 cm³/mol. The zero-order valence-corrected chi connectivity index (χ0v) is 18.8. The fraction of sp³-hybridized carbons (Fsp3) is 0.273. The first kappa shape index (κ1) is 20.1. The van der Waals surface area contributed by atoms with Crippen molar-refractivity contribution >= 4 is 57.8 Å². The Morgan fingerprint density at radius 2 is 2.03 bits per heavy atom. The summed E-state index contributed by atoms with van der Waals surface area (Å²) < 4.78 is 0. The normalized spacial score (nSPS) is 18.8. The molecule has 2 N–H and O–H groups in total. The molecule has 7 nitrogen and oxygen atoms in total. The molecule has 0 spiro atoms. The van der Waals surface area contributed by atoms with Gasteiger partial charge in [0.1, 0.15) is 5.04 Å². The number of thioether (sulfide) groups is 1. The summed E-state index contributed by atoms with van der Waals surface area (Å²) in [6, 6.07) is 10.2. The maximum Gasteiger partial charge on any atom is 0.250 e. The number of hydrogen-bond donors (Lipinski definition) is 2. The van der Waals surface area contributed by atoms with E-state index in [-0.39, 0.29) is 17.1 Å². The Morgan fingerprint density at radius 3 is 2.77 bits per heavy atom. The number of nitrogens with zero attached hydrogens (tertiary/aromatic N) is 3. The number of aromatic amines is 1. The SMILES string of the molecule is CNc1c(-c2cccnc2[SH2+])ccc2cc(C3=NCC(CN4C(=O)CCC4=O)S3)[nH]c12. The lowest BCUT2D eigenvalue weighted by Crippen LogP contribution is -2.35. The minimum atomic E-state index is -0.0720. The summed E-state index contributed by atoms with van der Waals surface area (Å²) in [5.41, 5.74) is 4.99. The monoisotopic (exact) mass is 452 g/mol. The Balaban J connectivity index is 1.42. The van der Waals surface area contributed by atoms with Crippen LogP contribution in [0.25, 0.3) is 22.0 Å². The Morgan fingerprint density at radius 1 is 1.23 bits per heavy atom. The van der Waals surface area contributed by atoms with E-state index in [0.29, 0.717) is 25.9 Å². The van der Waals surface area contributed by atoms with E-state index in [4.69, 9.17) is 0 Å². The van der Waals surface area contributed by atoms with Gasteiger partial charge in [-0.05, 0) is 18.2 Å². The molecule has 9 heteroatoms. The molecule has 4 heterocycles. The summed E-state index contributed by atoms with van der Waals surface area (Å²) in [4.78, 5) is 37.8. The van der Waals surface area contributed by atoms with Crippen LogP contribution in [0.2, 0.25) is 0 Å². The number of anilines is 1. The highest BCUT2D eigenvalue weighted by Crippen LogP contribution is 2.37. The van der Waals surface area contributed by atoms with Crippen LogP contribution >= 0.6 is 11.8 Å². The quantitative estimate of drug-likeness (QED) is 0.459. The van der Waals surface area contributed by atoms with Gasteiger partial charge in [-0.2, -0.15) is 0 Å². The van der Waals surface area contributed by atoms with Gasteiger partial charge in [0, 0.05) is 61.5 Å². The molecule has 0 bridgehead atoms. The third-order valence-corrected chi connectivity index (χ3v) is 7.24. The molecule has 1 unspecified atom stereocenters. The van der Waals surface area contributed by atoms with Crippen molar-refractivity contribution in [2.45, 2.75) is 23.1 Å². The molecule has 2 amide bonds. The zero-order valence-electron chi connectivity index (χ0n) is 16.9. The lowest BCUT2D eigenvalue weighted by Gasteiger charge is -2.17. The predicted octanol–water partition coefficient (Wildman–Crippen LogP) is 2.65. The van der Waals surface area contributed by atoms with Crippen LogP contribution in [0.15, 0.2) is 46.5 Å². The van der Waals surface area contributed by atoms with Gasteiger partial charge >= 0.3 is 0 Å². The smallest absolute Gasteiger partial charge is 0.250 e. The summed E-state index contributed by atoms with van der Waals surface area (Å²) in [6.45, 7) is 1.02. The topological polar surface area (TPSA) is 90.4 Å². The molecule has 0 aliphatic carbocycles. The molecule has 1 aromatic carbocycles. The third-order valence-electron chi connectivity index (χ3n) is 5.63. The number of hydrogen-bond acceptors (Lipinski definition) is 6. The summed E-state index contributed by atoms with van der Waals surface area (Å²) in [6.07, 6.45) is 2.41. The van der Waals surface area contributed by atoms with Crippen molar-refractivity contribution in [2.24, 2.45) is 4.99 Å². The van der Waals surface area contributed by atoms with Crippen molar-refractivity contribution in [3.63, 3.8) is 0 Å². The molecular formula is C22H22N5O2S2+. The summed E-state index contributed by atoms with van der Waals surface area (Å²) in [5.74, 6) is -0.144. The second kappa shape index (κ2) is 8.05. The standard InChI is InChI=1S/C22H21N5O2S2/c1-23-20-14(15-3-2-8-24-21(15)30)5-4-12-9-16(26-19(12)20)22-25-10-13(31-22)11-27-17(28)6-7-18(27)29/h2-5,8-9,13,23,26H,6-7,10-11H2,1H3,(H,24,30)/p+1. The highest BCUT2D eigenvalue weighted by molar-refractivity contribution is 8.15. The molecule has 0 radical (unpaired) electrons. The van der Waals surface area contributed by atoms with Gasteiger partial charge in [-0.1, -0.05) is 23.9 Å². The number of carbonyl (C=O) groups is 2. The van der Waals surface area contributed by atoms with Crippen molar-refractivity contribution in [1.82, 2.24) is 14.9 Å². The average molecular weight is 453 g/mol. The molecule has 0 saturated carbocycles. The van der Waals surface area contributed by atoms with Gasteiger partial charge in [-0.15, -0.1) is 0 Å². The Hall–Kier alpha value is -2.78. The summed E-state index contributed by atoms with van der Waals surface area (Å²) >= 11 is 5.22. The second-order valence-electron chi connectivity index (χ2n) is 7.57. The van der Waals surface area contributed by atoms with Crippen LogP contribution in [-0.4, -0.2) is 57.1 Å². The van der Waals surface area contributed by atoms with Crippen molar-refractivity contribution in [3.8, 4) is 11.1 Å². The maximum absolute atomic E-state index is 11.9. The van der Waals surface area contributed by atoms with Crippen LogP contribution < -0.4 is 5.32 Å². The molecule has 2 aliphatic heterocycles. The fourth-order valence-corrected chi connectivity index (χ4v) is 5.48. The number of pyridine rings is 1. The number of amides is 2.